The van der Waals surface area contributed by atoms with Crippen molar-refractivity contribution < 1.29 is 9.53 Å². The Morgan fingerprint density at radius 2 is 2.00 bits per heavy atom. The van der Waals surface area contributed by atoms with Gasteiger partial charge in [-0.3, -0.25) is 4.79 Å². The van der Waals surface area contributed by atoms with Gasteiger partial charge in [0.15, 0.2) is 0 Å². The first-order chi connectivity index (χ1) is 9.60. The summed E-state index contributed by atoms with van der Waals surface area (Å²) in [5.74, 6) is 0.223. The van der Waals surface area contributed by atoms with Crippen LogP contribution in [0.5, 0.6) is 0 Å². The van der Waals surface area contributed by atoms with E-state index < -0.39 is 5.54 Å². The van der Waals surface area contributed by atoms with Gasteiger partial charge in [-0.15, -0.1) is 0 Å². The van der Waals surface area contributed by atoms with Gasteiger partial charge in [-0.1, -0.05) is 6.92 Å². The lowest BCUT2D eigenvalue weighted by Gasteiger charge is -2.40. The number of nitrogens with zero attached hydrogens (tertiary/aromatic N) is 1. The first-order valence-electron chi connectivity index (χ1n) is 7.93. The Hall–Kier alpha value is -0.650. The molecule has 0 aromatic rings. The second-order valence-electron chi connectivity index (χ2n) is 6.30. The van der Waals surface area contributed by atoms with Crippen LogP contribution in [-0.4, -0.2) is 55.7 Å². The highest BCUT2D eigenvalue weighted by molar-refractivity contribution is 5.86. The van der Waals surface area contributed by atoms with Gasteiger partial charge in [-0.25, -0.2) is 0 Å². The summed E-state index contributed by atoms with van der Waals surface area (Å²) in [6, 6.07) is 0.504. The first-order valence-corrected chi connectivity index (χ1v) is 7.93. The summed E-state index contributed by atoms with van der Waals surface area (Å²) in [6.07, 6.45) is 5.33. The van der Waals surface area contributed by atoms with Crippen LogP contribution < -0.4 is 11.1 Å². The van der Waals surface area contributed by atoms with Crippen molar-refractivity contribution in [2.45, 2.75) is 50.6 Å². The van der Waals surface area contributed by atoms with Crippen LogP contribution in [0.4, 0.5) is 0 Å². The maximum absolute atomic E-state index is 12.1. The molecule has 0 spiro atoms. The van der Waals surface area contributed by atoms with Gasteiger partial charge >= 0.3 is 0 Å². The largest absolute Gasteiger partial charge is 0.381 e. The van der Waals surface area contributed by atoms with Crippen LogP contribution in [0.3, 0.4) is 0 Å². The number of rotatable bonds is 8. The molecule has 5 nitrogen and oxygen atoms in total. The normalized spacial score (nSPS) is 23.8. The Balaban J connectivity index is 2.03. The molecule has 2 rings (SSSR count). The number of nitrogens with two attached hydrogens (primary N) is 1. The second-order valence-corrected chi connectivity index (χ2v) is 6.30. The molecule has 1 heterocycles. The van der Waals surface area contributed by atoms with Crippen LogP contribution in [0, 0.1) is 5.92 Å². The molecule has 0 bridgehead atoms. The van der Waals surface area contributed by atoms with Gasteiger partial charge in [-0.2, -0.15) is 0 Å². The first kappa shape index (κ1) is 15.7. The lowest BCUT2D eigenvalue weighted by Crippen LogP contribution is -2.64. The van der Waals surface area contributed by atoms with E-state index in [-0.39, 0.29) is 5.91 Å². The van der Waals surface area contributed by atoms with Crippen LogP contribution in [0.2, 0.25) is 0 Å². The van der Waals surface area contributed by atoms with Crippen molar-refractivity contribution in [3.8, 4) is 0 Å². The van der Waals surface area contributed by atoms with E-state index in [1.54, 1.807) is 0 Å². The molecule has 1 atom stereocenters. The van der Waals surface area contributed by atoms with Gasteiger partial charge in [-0.05, 0) is 51.6 Å². The maximum atomic E-state index is 12.1. The summed E-state index contributed by atoms with van der Waals surface area (Å²) in [7, 11) is 2.11. The monoisotopic (exact) mass is 283 g/mol. The third-order valence-electron chi connectivity index (χ3n) is 4.72. The molecule has 116 valence electrons. The molecule has 2 aliphatic rings. The number of carbonyl (C=O) groups excluding carboxylic acids is 1. The summed E-state index contributed by atoms with van der Waals surface area (Å²) in [5.41, 5.74) is 5.24. The number of nitrogens with one attached hydrogen (secondary N) is 1. The van der Waals surface area contributed by atoms with Crippen molar-refractivity contribution >= 4 is 5.91 Å². The van der Waals surface area contributed by atoms with E-state index in [1.165, 1.54) is 0 Å². The number of hydrogen-bond donors (Lipinski definition) is 2. The maximum Gasteiger partial charge on any atom is 0.239 e. The van der Waals surface area contributed by atoms with Gasteiger partial charge in [0, 0.05) is 25.8 Å². The van der Waals surface area contributed by atoms with E-state index in [2.05, 4.69) is 24.2 Å². The average molecular weight is 283 g/mol. The molecule has 2 fully saturated rings. The molecule has 1 amide bonds. The van der Waals surface area contributed by atoms with Crippen molar-refractivity contribution in [1.82, 2.24) is 10.2 Å². The minimum atomic E-state index is -0.539. The Morgan fingerprint density at radius 3 is 2.50 bits per heavy atom. The molecule has 1 unspecified atom stereocenters. The molecule has 20 heavy (non-hydrogen) atoms. The van der Waals surface area contributed by atoms with Gasteiger partial charge in [0.2, 0.25) is 5.91 Å². The molecule has 1 aliphatic heterocycles. The summed E-state index contributed by atoms with van der Waals surface area (Å²) >= 11 is 0. The Morgan fingerprint density at radius 1 is 1.35 bits per heavy atom. The highest BCUT2D eigenvalue weighted by atomic mass is 16.5. The quantitative estimate of drug-likeness (QED) is 0.689. The number of carbonyl (C=O) groups is 1. The van der Waals surface area contributed by atoms with Crippen molar-refractivity contribution in [2.24, 2.45) is 11.7 Å². The van der Waals surface area contributed by atoms with Crippen LogP contribution in [0.25, 0.3) is 0 Å². The minimum absolute atomic E-state index is 0.188. The topological polar surface area (TPSA) is 67.6 Å². The fourth-order valence-electron chi connectivity index (χ4n) is 3.27. The summed E-state index contributed by atoms with van der Waals surface area (Å²) in [5, 5.41) is 3.47. The molecule has 1 saturated carbocycles. The molecular weight excluding hydrogens is 254 g/mol. The highest BCUT2D eigenvalue weighted by Crippen LogP contribution is 2.40. The third-order valence-corrected chi connectivity index (χ3v) is 4.72. The lowest BCUT2D eigenvalue weighted by atomic mass is 9.90. The molecule has 1 aliphatic carbocycles. The number of amides is 1. The third kappa shape index (κ3) is 3.51. The molecule has 1 saturated heterocycles. The van der Waals surface area contributed by atoms with E-state index in [9.17, 15) is 4.79 Å². The number of likely N-dealkylation sites (N-methyl/N-ethyl adjacent to an activating group) is 1. The second kappa shape index (κ2) is 6.87. The van der Waals surface area contributed by atoms with E-state index >= 15 is 0 Å². The van der Waals surface area contributed by atoms with Crippen LogP contribution in [0.1, 0.15) is 39.0 Å². The van der Waals surface area contributed by atoms with Crippen LogP contribution in [0.15, 0.2) is 0 Å². The number of ether oxygens (including phenoxy) is 1. The average Bonchev–Trinajstić information content (AvgIpc) is 3.28. The summed E-state index contributed by atoms with van der Waals surface area (Å²) in [6.45, 7) is 5.33. The van der Waals surface area contributed by atoms with Crippen molar-refractivity contribution in [1.29, 1.82) is 0 Å². The molecule has 0 aromatic heterocycles. The van der Waals surface area contributed by atoms with Crippen molar-refractivity contribution in [2.75, 3.05) is 33.4 Å². The van der Waals surface area contributed by atoms with Gasteiger partial charge in [0.1, 0.15) is 5.54 Å². The SMILES string of the molecule is CCCNC(CN(C)C1CCOCC1)(C(N)=O)C1CC1. The highest BCUT2D eigenvalue weighted by Gasteiger charge is 2.50. The summed E-state index contributed by atoms with van der Waals surface area (Å²) < 4.78 is 5.42. The Labute approximate surface area is 122 Å². The van der Waals surface area contributed by atoms with E-state index in [4.69, 9.17) is 10.5 Å². The number of primary amides is 1. The predicted octanol–water partition coefficient (Wildman–Crippen LogP) is 0.731. The Bertz CT molecular complexity index is 327. The van der Waals surface area contributed by atoms with Crippen molar-refractivity contribution in [3.63, 3.8) is 0 Å². The van der Waals surface area contributed by atoms with Gasteiger partial charge in [0.25, 0.3) is 0 Å². The van der Waals surface area contributed by atoms with E-state index in [0.717, 1.165) is 58.4 Å². The molecule has 0 aromatic carbocycles. The zero-order chi connectivity index (χ0) is 14.6. The summed E-state index contributed by atoms with van der Waals surface area (Å²) in [4.78, 5) is 14.4. The zero-order valence-corrected chi connectivity index (χ0v) is 12.9. The lowest BCUT2D eigenvalue weighted by molar-refractivity contribution is -0.126. The minimum Gasteiger partial charge on any atom is -0.381 e. The predicted molar refractivity (Wildman–Crippen MR) is 79.4 cm³/mol. The number of hydrogen-bond acceptors (Lipinski definition) is 4. The van der Waals surface area contributed by atoms with E-state index in [1.807, 2.05) is 0 Å². The van der Waals surface area contributed by atoms with Gasteiger partial charge < -0.3 is 20.7 Å². The standard InChI is InChI=1S/C15H29N3O2/c1-3-8-17-15(14(16)19,12-4-5-12)11-18(2)13-6-9-20-10-7-13/h12-13,17H,3-11H2,1-2H3,(H2,16,19). The smallest absolute Gasteiger partial charge is 0.239 e. The van der Waals surface area contributed by atoms with Crippen molar-refractivity contribution in [3.05, 3.63) is 0 Å². The molecule has 3 N–H and O–H groups in total. The molecular formula is C15H29N3O2. The van der Waals surface area contributed by atoms with Gasteiger partial charge in [0.05, 0.1) is 0 Å². The van der Waals surface area contributed by atoms with Crippen LogP contribution >= 0.6 is 0 Å². The molecule has 5 heteroatoms. The Kier molecular flexibility index (Phi) is 5.41. The molecule has 0 radical (unpaired) electrons. The fraction of sp³-hybridized carbons (Fsp3) is 0.933. The zero-order valence-electron chi connectivity index (χ0n) is 12.9. The van der Waals surface area contributed by atoms with E-state index in [0.29, 0.717) is 12.0 Å². The van der Waals surface area contributed by atoms with Crippen LogP contribution in [-0.2, 0) is 9.53 Å². The fourth-order valence-corrected chi connectivity index (χ4v) is 3.27.